The average molecular weight is 402 g/mol. The Morgan fingerprint density at radius 2 is 1.21 bits per heavy atom. The molecule has 28 heavy (non-hydrogen) atoms. The third-order valence-corrected chi connectivity index (χ3v) is 4.80. The zero-order valence-corrected chi connectivity index (χ0v) is 17.2. The minimum absolute atomic E-state index is 0.215. The SMILES string of the molecule is CCC(C)C(NC(=O)C(C)N)C(=O)NC(C(=O)NC(CO)C(=O)O)C(C)CC. The number of nitrogens with two attached hydrogens (primary N) is 1. The van der Waals surface area contributed by atoms with Crippen LogP contribution in [-0.2, 0) is 19.2 Å². The standard InChI is InChI=1S/C18H34N4O6/c1-6-9(3)13(16(25)20-12(8-23)18(27)28)22-17(26)14(10(4)7-2)21-15(24)11(5)19/h9-14,23H,6-8,19H2,1-5H3,(H,20,25)(H,21,24)(H,22,26)(H,27,28). The topological polar surface area (TPSA) is 171 Å². The zero-order valence-electron chi connectivity index (χ0n) is 17.2. The van der Waals surface area contributed by atoms with E-state index in [-0.39, 0.29) is 11.8 Å². The molecule has 0 aromatic heterocycles. The molecule has 0 rings (SSSR count). The maximum absolute atomic E-state index is 12.8. The summed E-state index contributed by atoms with van der Waals surface area (Å²) in [6.45, 7) is 7.93. The molecule has 0 aliphatic carbocycles. The summed E-state index contributed by atoms with van der Waals surface area (Å²) in [7, 11) is 0. The van der Waals surface area contributed by atoms with Crippen LogP contribution in [0, 0.1) is 11.8 Å². The first-order valence-corrected chi connectivity index (χ1v) is 9.50. The fourth-order valence-corrected chi connectivity index (χ4v) is 2.38. The Kier molecular flexibility index (Phi) is 11.3. The van der Waals surface area contributed by atoms with Crippen LogP contribution in [0.25, 0.3) is 0 Å². The lowest BCUT2D eigenvalue weighted by Gasteiger charge is -2.29. The number of aliphatic hydroxyl groups excluding tert-OH is 1. The number of nitrogens with one attached hydrogen (secondary N) is 3. The maximum atomic E-state index is 12.8. The first kappa shape index (κ1) is 25.8. The van der Waals surface area contributed by atoms with Crippen LogP contribution < -0.4 is 21.7 Å². The Hall–Kier alpha value is -2.20. The predicted octanol–water partition coefficient (Wildman–Crippen LogP) is -1.04. The van der Waals surface area contributed by atoms with Gasteiger partial charge in [-0.05, 0) is 18.8 Å². The summed E-state index contributed by atoms with van der Waals surface area (Å²) in [6.07, 6.45) is 1.14. The second-order valence-electron chi connectivity index (χ2n) is 7.11. The van der Waals surface area contributed by atoms with Crippen molar-refractivity contribution in [1.29, 1.82) is 0 Å². The molecule has 0 radical (unpaired) electrons. The van der Waals surface area contributed by atoms with Crippen LogP contribution in [-0.4, -0.2) is 64.7 Å². The van der Waals surface area contributed by atoms with E-state index in [4.69, 9.17) is 15.9 Å². The van der Waals surface area contributed by atoms with Crippen LogP contribution in [0.15, 0.2) is 0 Å². The highest BCUT2D eigenvalue weighted by atomic mass is 16.4. The quantitative estimate of drug-likeness (QED) is 0.242. The normalized spacial score (nSPS) is 17.4. The van der Waals surface area contributed by atoms with Gasteiger partial charge in [0.15, 0.2) is 0 Å². The van der Waals surface area contributed by atoms with Crippen molar-refractivity contribution in [2.75, 3.05) is 6.61 Å². The van der Waals surface area contributed by atoms with Gasteiger partial charge in [0.05, 0.1) is 12.6 Å². The van der Waals surface area contributed by atoms with Gasteiger partial charge in [-0.2, -0.15) is 0 Å². The Balaban J connectivity index is 5.46. The highest BCUT2D eigenvalue weighted by Gasteiger charge is 2.33. The third-order valence-electron chi connectivity index (χ3n) is 4.80. The minimum Gasteiger partial charge on any atom is -0.480 e. The molecule has 6 unspecified atom stereocenters. The van der Waals surface area contributed by atoms with Crippen molar-refractivity contribution in [1.82, 2.24) is 16.0 Å². The van der Waals surface area contributed by atoms with E-state index in [9.17, 15) is 19.2 Å². The lowest BCUT2D eigenvalue weighted by Crippen LogP contribution is -2.60. The molecule has 10 nitrogen and oxygen atoms in total. The molecule has 0 fully saturated rings. The van der Waals surface area contributed by atoms with E-state index >= 15 is 0 Å². The van der Waals surface area contributed by atoms with Crippen molar-refractivity contribution in [3.8, 4) is 0 Å². The zero-order chi connectivity index (χ0) is 22.0. The number of carboxylic acids is 1. The largest absolute Gasteiger partial charge is 0.480 e. The van der Waals surface area contributed by atoms with E-state index in [0.717, 1.165) is 0 Å². The van der Waals surface area contributed by atoms with E-state index in [1.54, 1.807) is 13.8 Å². The van der Waals surface area contributed by atoms with Gasteiger partial charge in [-0.15, -0.1) is 0 Å². The minimum atomic E-state index is -1.47. The molecule has 0 aliphatic rings. The number of aliphatic hydroxyl groups is 1. The van der Waals surface area contributed by atoms with Crippen LogP contribution in [0.5, 0.6) is 0 Å². The van der Waals surface area contributed by atoms with E-state index < -0.39 is 54.5 Å². The number of rotatable bonds is 12. The third kappa shape index (κ3) is 7.81. The maximum Gasteiger partial charge on any atom is 0.328 e. The average Bonchev–Trinajstić information content (AvgIpc) is 2.65. The number of carboxylic acid groups (broad SMARTS) is 1. The van der Waals surface area contributed by atoms with Crippen molar-refractivity contribution in [2.24, 2.45) is 17.6 Å². The Morgan fingerprint density at radius 3 is 1.54 bits per heavy atom. The van der Waals surface area contributed by atoms with E-state index in [1.807, 2.05) is 13.8 Å². The molecule has 0 saturated heterocycles. The molecule has 6 atom stereocenters. The number of carbonyl (C=O) groups excluding carboxylic acids is 3. The fourth-order valence-electron chi connectivity index (χ4n) is 2.38. The van der Waals surface area contributed by atoms with Gasteiger partial charge >= 0.3 is 5.97 Å². The van der Waals surface area contributed by atoms with Gasteiger partial charge in [0.2, 0.25) is 17.7 Å². The second kappa shape index (κ2) is 12.3. The molecular formula is C18H34N4O6. The van der Waals surface area contributed by atoms with Crippen LogP contribution in [0.3, 0.4) is 0 Å². The van der Waals surface area contributed by atoms with Gasteiger partial charge < -0.3 is 31.9 Å². The molecule has 0 spiro atoms. The summed E-state index contributed by atoms with van der Waals surface area (Å²) in [4.78, 5) is 48.4. The number of hydrogen-bond donors (Lipinski definition) is 6. The molecule has 162 valence electrons. The molecular weight excluding hydrogens is 368 g/mol. The van der Waals surface area contributed by atoms with Gasteiger partial charge in [0.1, 0.15) is 18.1 Å². The molecule has 0 saturated carbocycles. The lowest BCUT2D eigenvalue weighted by atomic mass is 9.94. The monoisotopic (exact) mass is 402 g/mol. The van der Waals surface area contributed by atoms with Crippen molar-refractivity contribution < 1.29 is 29.4 Å². The molecule has 3 amide bonds. The summed E-state index contributed by atoms with van der Waals surface area (Å²) >= 11 is 0. The van der Waals surface area contributed by atoms with Crippen LogP contribution in [0.1, 0.15) is 47.5 Å². The number of amides is 3. The Labute approximate surface area is 165 Å². The highest BCUT2D eigenvalue weighted by Crippen LogP contribution is 2.12. The van der Waals surface area contributed by atoms with Gasteiger partial charge in [0.25, 0.3) is 0 Å². The molecule has 0 aliphatic heterocycles. The van der Waals surface area contributed by atoms with Crippen LogP contribution >= 0.6 is 0 Å². The van der Waals surface area contributed by atoms with Crippen LogP contribution in [0.2, 0.25) is 0 Å². The molecule has 0 aromatic carbocycles. The highest BCUT2D eigenvalue weighted by molar-refractivity contribution is 5.94. The van der Waals surface area contributed by atoms with Gasteiger partial charge in [0, 0.05) is 0 Å². The first-order chi connectivity index (χ1) is 13.0. The Morgan fingerprint density at radius 1 is 0.821 bits per heavy atom. The summed E-state index contributed by atoms with van der Waals surface area (Å²) in [5.41, 5.74) is 5.56. The number of hydrogen-bond acceptors (Lipinski definition) is 6. The van der Waals surface area contributed by atoms with E-state index in [1.165, 1.54) is 6.92 Å². The summed E-state index contributed by atoms with van der Waals surface area (Å²) in [5, 5.41) is 25.5. The predicted molar refractivity (Wildman–Crippen MR) is 103 cm³/mol. The van der Waals surface area contributed by atoms with E-state index in [0.29, 0.717) is 12.8 Å². The lowest BCUT2D eigenvalue weighted by molar-refractivity contribution is -0.143. The molecule has 0 bridgehead atoms. The molecule has 7 N–H and O–H groups in total. The van der Waals surface area contributed by atoms with Gasteiger partial charge in [-0.25, -0.2) is 4.79 Å². The molecule has 10 heteroatoms. The number of carbonyl (C=O) groups is 4. The van der Waals surface area contributed by atoms with E-state index in [2.05, 4.69) is 16.0 Å². The Bertz CT molecular complexity index is 554. The second-order valence-corrected chi connectivity index (χ2v) is 7.11. The number of aliphatic carboxylic acids is 1. The van der Waals surface area contributed by atoms with Gasteiger partial charge in [-0.1, -0.05) is 40.5 Å². The smallest absolute Gasteiger partial charge is 0.328 e. The van der Waals surface area contributed by atoms with Crippen molar-refractivity contribution in [2.45, 2.75) is 71.6 Å². The van der Waals surface area contributed by atoms with Crippen molar-refractivity contribution in [3.63, 3.8) is 0 Å². The van der Waals surface area contributed by atoms with Crippen LogP contribution in [0.4, 0.5) is 0 Å². The van der Waals surface area contributed by atoms with Crippen molar-refractivity contribution in [3.05, 3.63) is 0 Å². The fraction of sp³-hybridized carbons (Fsp3) is 0.778. The molecule has 0 heterocycles. The summed E-state index contributed by atoms with van der Waals surface area (Å²) in [6, 6.07) is -4.19. The van der Waals surface area contributed by atoms with Crippen molar-refractivity contribution >= 4 is 23.7 Å². The summed E-state index contributed by atoms with van der Waals surface area (Å²) < 4.78 is 0. The molecule has 0 aromatic rings. The summed E-state index contributed by atoms with van der Waals surface area (Å²) in [5.74, 6) is -3.67. The first-order valence-electron chi connectivity index (χ1n) is 9.50. The van der Waals surface area contributed by atoms with Gasteiger partial charge in [-0.3, -0.25) is 14.4 Å².